The zero-order chi connectivity index (χ0) is 26.1. The molecular formula is C22H22F2N6O5S. The molecule has 1 unspecified atom stereocenters. The SMILES string of the molecule is CC(C)(C#N)n1ccc(S(=O)(=O)NC(O)Nc2c(-c3ccnc(OC(F)F)c3)ccc3c2CCO3)n1. The zero-order valence-corrected chi connectivity index (χ0v) is 20.0. The average Bonchev–Trinajstić information content (AvgIpc) is 3.49. The van der Waals surface area contributed by atoms with Gasteiger partial charge >= 0.3 is 6.61 Å². The lowest BCUT2D eigenvalue weighted by atomic mass is 9.99. The van der Waals surface area contributed by atoms with Gasteiger partial charge in [0.2, 0.25) is 5.88 Å². The Balaban J connectivity index is 1.62. The fourth-order valence-corrected chi connectivity index (χ4v) is 4.51. The van der Waals surface area contributed by atoms with Gasteiger partial charge in [-0.2, -0.15) is 23.9 Å². The van der Waals surface area contributed by atoms with Crippen molar-refractivity contribution in [2.45, 2.75) is 43.8 Å². The summed E-state index contributed by atoms with van der Waals surface area (Å²) >= 11 is 0. The third-order valence-corrected chi connectivity index (χ3v) is 6.67. The van der Waals surface area contributed by atoms with Crippen LogP contribution in [0, 0.1) is 11.3 Å². The number of rotatable bonds is 9. The molecule has 0 saturated heterocycles. The number of aliphatic hydroxyl groups excluding tert-OH is 1. The van der Waals surface area contributed by atoms with E-state index in [1.165, 1.54) is 29.2 Å². The largest absolute Gasteiger partial charge is 0.493 e. The van der Waals surface area contributed by atoms with Gasteiger partial charge in [-0.15, -0.1) is 0 Å². The number of aliphatic hydroxyl groups is 1. The standard InChI is InChI=1S/C22H22F2N6O5S/c1-22(2,12-25)30-9-6-18(28-30)36(32,33)29-21(31)27-19-14(3-4-16-15(19)7-10-34-16)13-5-8-26-17(11-13)35-20(23)24/h3-6,8-9,11,20-21,27,29,31H,7,10H2,1-2H3. The number of nitrogens with zero attached hydrogens (tertiary/aromatic N) is 4. The molecule has 3 heterocycles. The number of nitriles is 1. The summed E-state index contributed by atoms with van der Waals surface area (Å²) in [5, 5.41) is 26.1. The summed E-state index contributed by atoms with van der Waals surface area (Å²) in [7, 11) is -4.29. The van der Waals surface area contributed by atoms with Crippen molar-refractivity contribution >= 4 is 15.7 Å². The highest BCUT2D eigenvalue weighted by Crippen LogP contribution is 2.40. The predicted octanol–water partition coefficient (Wildman–Crippen LogP) is 2.41. The molecule has 36 heavy (non-hydrogen) atoms. The van der Waals surface area contributed by atoms with E-state index in [1.54, 1.807) is 32.0 Å². The summed E-state index contributed by atoms with van der Waals surface area (Å²) in [5.74, 6) is 0.231. The van der Waals surface area contributed by atoms with Gasteiger partial charge < -0.3 is 19.9 Å². The number of fused-ring (bicyclic) bond motifs is 1. The Bertz CT molecular complexity index is 1420. The minimum atomic E-state index is -4.29. The van der Waals surface area contributed by atoms with E-state index in [2.05, 4.69) is 24.9 Å². The van der Waals surface area contributed by atoms with Crippen LogP contribution >= 0.6 is 0 Å². The van der Waals surface area contributed by atoms with Gasteiger partial charge in [0.1, 0.15) is 11.3 Å². The first-order valence-corrected chi connectivity index (χ1v) is 12.1. The minimum Gasteiger partial charge on any atom is -0.493 e. The Morgan fingerprint density at radius 1 is 1.31 bits per heavy atom. The van der Waals surface area contributed by atoms with Crippen LogP contribution in [0.15, 0.2) is 47.8 Å². The third-order valence-electron chi connectivity index (χ3n) is 5.37. The van der Waals surface area contributed by atoms with Crippen LogP contribution in [-0.4, -0.2) is 47.9 Å². The first-order valence-electron chi connectivity index (χ1n) is 10.6. The van der Waals surface area contributed by atoms with Crippen LogP contribution in [0.1, 0.15) is 19.4 Å². The minimum absolute atomic E-state index is 0.303. The van der Waals surface area contributed by atoms with Crippen molar-refractivity contribution in [3.8, 4) is 28.8 Å². The number of benzene rings is 1. The predicted molar refractivity (Wildman–Crippen MR) is 123 cm³/mol. The van der Waals surface area contributed by atoms with Crippen molar-refractivity contribution in [2.24, 2.45) is 0 Å². The van der Waals surface area contributed by atoms with Gasteiger partial charge in [0.05, 0.1) is 18.4 Å². The maximum Gasteiger partial charge on any atom is 0.388 e. The second-order valence-corrected chi connectivity index (χ2v) is 9.92. The van der Waals surface area contributed by atoms with Gasteiger partial charge in [0.15, 0.2) is 11.4 Å². The van der Waals surface area contributed by atoms with E-state index < -0.39 is 33.6 Å². The molecule has 14 heteroatoms. The van der Waals surface area contributed by atoms with Gasteiger partial charge in [-0.3, -0.25) is 4.68 Å². The van der Waals surface area contributed by atoms with E-state index in [-0.39, 0.29) is 5.88 Å². The van der Waals surface area contributed by atoms with Crippen LogP contribution in [-0.2, 0) is 22.0 Å². The summed E-state index contributed by atoms with van der Waals surface area (Å²) in [6, 6.07) is 9.40. The first kappa shape index (κ1) is 25.3. The van der Waals surface area contributed by atoms with Crippen LogP contribution in [0.4, 0.5) is 14.5 Å². The smallest absolute Gasteiger partial charge is 0.388 e. The summed E-state index contributed by atoms with van der Waals surface area (Å²) in [4.78, 5) is 3.76. The second-order valence-electron chi connectivity index (χ2n) is 8.26. The molecule has 190 valence electrons. The van der Waals surface area contributed by atoms with Gasteiger partial charge in [0, 0.05) is 36.0 Å². The Morgan fingerprint density at radius 2 is 2.08 bits per heavy atom. The molecule has 0 aliphatic carbocycles. The van der Waals surface area contributed by atoms with Gasteiger partial charge in [0.25, 0.3) is 10.0 Å². The molecule has 11 nitrogen and oxygen atoms in total. The van der Waals surface area contributed by atoms with Crippen molar-refractivity contribution in [3.05, 3.63) is 48.3 Å². The number of pyridine rings is 1. The van der Waals surface area contributed by atoms with Gasteiger partial charge in [-0.25, -0.2) is 13.4 Å². The summed E-state index contributed by atoms with van der Waals surface area (Å²) in [6.07, 6.45) is 1.30. The van der Waals surface area contributed by atoms with Crippen molar-refractivity contribution in [1.82, 2.24) is 19.5 Å². The molecule has 3 N–H and O–H groups in total. The Hall–Kier alpha value is -3.80. The van der Waals surface area contributed by atoms with Crippen LogP contribution < -0.4 is 19.5 Å². The highest BCUT2D eigenvalue weighted by molar-refractivity contribution is 7.89. The number of aromatic nitrogens is 3. The lowest BCUT2D eigenvalue weighted by Crippen LogP contribution is -2.40. The summed E-state index contributed by atoms with van der Waals surface area (Å²) in [6.45, 7) is 0.447. The highest BCUT2D eigenvalue weighted by atomic mass is 32.2. The van der Waals surface area contributed by atoms with Crippen molar-refractivity contribution < 1.29 is 31.8 Å². The highest BCUT2D eigenvalue weighted by Gasteiger charge is 2.28. The molecule has 0 bridgehead atoms. The number of hydrogen-bond acceptors (Lipinski definition) is 9. The fourth-order valence-electron chi connectivity index (χ4n) is 3.60. The van der Waals surface area contributed by atoms with Crippen molar-refractivity contribution in [2.75, 3.05) is 11.9 Å². The van der Waals surface area contributed by atoms with Crippen LogP contribution in [0.5, 0.6) is 11.6 Å². The number of halogens is 2. The van der Waals surface area contributed by atoms with E-state index in [9.17, 15) is 27.6 Å². The Labute approximate surface area is 205 Å². The van der Waals surface area contributed by atoms with Crippen LogP contribution in [0.2, 0.25) is 0 Å². The van der Waals surface area contributed by atoms with Crippen molar-refractivity contribution in [1.29, 1.82) is 5.26 Å². The van der Waals surface area contributed by atoms with E-state index in [4.69, 9.17) is 4.74 Å². The summed E-state index contributed by atoms with van der Waals surface area (Å²) in [5.41, 5.74) is 0.829. The van der Waals surface area contributed by atoms with E-state index in [0.717, 1.165) is 0 Å². The number of hydrogen-bond donors (Lipinski definition) is 3. The molecule has 3 aromatic rings. The Kier molecular flexibility index (Phi) is 6.81. The first-order chi connectivity index (χ1) is 17.0. The fraction of sp³-hybridized carbons (Fsp3) is 0.318. The molecule has 0 spiro atoms. The summed E-state index contributed by atoms with van der Waals surface area (Å²) < 4.78 is 64.2. The molecule has 0 fully saturated rings. The molecule has 1 atom stereocenters. The lowest BCUT2D eigenvalue weighted by molar-refractivity contribution is -0.0528. The van der Waals surface area contributed by atoms with Crippen molar-refractivity contribution in [3.63, 3.8) is 0 Å². The maximum absolute atomic E-state index is 12.8. The monoisotopic (exact) mass is 520 g/mol. The molecule has 4 rings (SSSR count). The van der Waals surface area contributed by atoms with E-state index in [0.29, 0.717) is 41.2 Å². The lowest BCUT2D eigenvalue weighted by Gasteiger charge is -2.20. The average molecular weight is 521 g/mol. The number of nitrogens with one attached hydrogen (secondary N) is 2. The molecule has 0 radical (unpaired) electrons. The third kappa shape index (κ3) is 5.23. The maximum atomic E-state index is 12.8. The molecule has 0 amide bonds. The normalized spacial score (nSPS) is 14.1. The molecule has 2 aromatic heterocycles. The molecular weight excluding hydrogens is 498 g/mol. The molecule has 1 aliphatic rings. The quantitative estimate of drug-likeness (QED) is 0.361. The van der Waals surface area contributed by atoms with Crippen LogP contribution in [0.3, 0.4) is 0 Å². The van der Waals surface area contributed by atoms with E-state index in [1.807, 2.05) is 6.07 Å². The van der Waals surface area contributed by atoms with E-state index >= 15 is 0 Å². The van der Waals surface area contributed by atoms with Gasteiger partial charge in [-0.05, 0) is 43.7 Å². The van der Waals surface area contributed by atoms with Gasteiger partial charge in [-0.1, -0.05) is 0 Å². The molecule has 1 aliphatic heterocycles. The van der Waals surface area contributed by atoms with Crippen LogP contribution in [0.25, 0.3) is 11.1 Å². The Morgan fingerprint density at radius 3 is 2.81 bits per heavy atom. The topological polar surface area (TPSA) is 151 Å². The zero-order valence-electron chi connectivity index (χ0n) is 19.1. The number of alkyl halides is 2. The second kappa shape index (κ2) is 9.69. The number of anilines is 1. The molecule has 0 saturated carbocycles. The number of sulfonamides is 1. The number of ether oxygens (including phenoxy) is 2. The molecule has 1 aromatic carbocycles.